The maximum absolute atomic E-state index is 5.95. The molecule has 0 fully saturated rings. The predicted molar refractivity (Wildman–Crippen MR) is 88.2 cm³/mol. The van der Waals surface area contributed by atoms with Gasteiger partial charge in [0.2, 0.25) is 0 Å². The lowest BCUT2D eigenvalue weighted by Crippen LogP contribution is -2.03. The second-order valence-corrected chi connectivity index (χ2v) is 6.40. The molecule has 2 N–H and O–H groups in total. The second-order valence-electron chi connectivity index (χ2n) is 4.49. The van der Waals surface area contributed by atoms with Crippen LogP contribution in [-0.2, 0) is 13.2 Å². The predicted octanol–water partition coefficient (Wildman–Crippen LogP) is 4.70. The van der Waals surface area contributed by atoms with Crippen LogP contribution in [0.4, 0.5) is 0 Å². The normalized spacial score (nSPS) is 10.9. The van der Waals surface area contributed by atoms with Gasteiger partial charge in [-0.05, 0) is 38.8 Å². The number of benzene rings is 2. The Morgan fingerprint density at radius 3 is 2.75 bits per heavy atom. The Morgan fingerprint density at radius 1 is 1.15 bits per heavy atom. The van der Waals surface area contributed by atoms with E-state index in [1.54, 1.807) is 11.3 Å². The summed E-state index contributed by atoms with van der Waals surface area (Å²) < 4.78 is 7.04. The van der Waals surface area contributed by atoms with E-state index < -0.39 is 0 Å². The molecule has 0 aliphatic rings. The summed E-state index contributed by atoms with van der Waals surface area (Å²) in [6.07, 6.45) is 0. The molecule has 4 heteroatoms. The zero-order chi connectivity index (χ0) is 13.9. The van der Waals surface area contributed by atoms with Crippen LogP contribution in [0.3, 0.4) is 0 Å². The standard InChI is InChI=1S/C16H14BrNOS/c17-12-7-13(20-10-12)9-19-16-6-5-11-3-1-2-4-14(11)15(16)8-18/h1-7,10H,8-9,18H2. The van der Waals surface area contributed by atoms with Crippen molar-refractivity contribution in [1.82, 2.24) is 0 Å². The van der Waals surface area contributed by atoms with Gasteiger partial charge in [0.1, 0.15) is 12.4 Å². The zero-order valence-corrected chi connectivity index (χ0v) is 13.2. The van der Waals surface area contributed by atoms with E-state index in [1.807, 2.05) is 18.2 Å². The van der Waals surface area contributed by atoms with E-state index in [0.29, 0.717) is 13.2 Å². The van der Waals surface area contributed by atoms with Crippen molar-refractivity contribution in [3.05, 3.63) is 62.8 Å². The molecule has 0 radical (unpaired) electrons. The molecule has 3 rings (SSSR count). The highest BCUT2D eigenvalue weighted by Gasteiger charge is 2.08. The van der Waals surface area contributed by atoms with E-state index >= 15 is 0 Å². The quantitative estimate of drug-likeness (QED) is 0.742. The number of hydrogen-bond acceptors (Lipinski definition) is 3. The first-order valence-corrected chi connectivity index (χ1v) is 8.01. The molecule has 3 aromatic rings. The molecule has 1 heterocycles. The molecule has 102 valence electrons. The Kier molecular flexibility index (Phi) is 4.05. The van der Waals surface area contributed by atoms with Gasteiger partial charge >= 0.3 is 0 Å². The van der Waals surface area contributed by atoms with Crippen molar-refractivity contribution in [2.24, 2.45) is 5.73 Å². The van der Waals surface area contributed by atoms with Crippen LogP contribution in [0.5, 0.6) is 5.75 Å². The Bertz CT molecular complexity index is 738. The maximum Gasteiger partial charge on any atom is 0.124 e. The van der Waals surface area contributed by atoms with Gasteiger partial charge in [0.15, 0.2) is 0 Å². The number of fused-ring (bicyclic) bond motifs is 1. The number of thiophene rings is 1. The van der Waals surface area contributed by atoms with Crippen LogP contribution in [0.25, 0.3) is 10.8 Å². The van der Waals surface area contributed by atoms with Crippen molar-refractivity contribution in [3.8, 4) is 5.75 Å². The molecule has 0 bridgehead atoms. The highest BCUT2D eigenvalue weighted by Crippen LogP contribution is 2.29. The molecule has 2 nitrogen and oxygen atoms in total. The van der Waals surface area contributed by atoms with Gasteiger partial charge in [-0.2, -0.15) is 0 Å². The maximum atomic E-state index is 5.95. The number of ether oxygens (including phenoxy) is 1. The Labute approximate surface area is 130 Å². The third-order valence-corrected chi connectivity index (χ3v) is 4.86. The van der Waals surface area contributed by atoms with E-state index in [2.05, 4.69) is 45.6 Å². The van der Waals surface area contributed by atoms with Crippen LogP contribution in [0.1, 0.15) is 10.4 Å². The van der Waals surface area contributed by atoms with Gasteiger partial charge in [-0.1, -0.05) is 30.3 Å². The largest absolute Gasteiger partial charge is 0.488 e. The summed E-state index contributed by atoms with van der Waals surface area (Å²) in [4.78, 5) is 1.19. The average Bonchev–Trinajstić information content (AvgIpc) is 2.90. The topological polar surface area (TPSA) is 35.2 Å². The van der Waals surface area contributed by atoms with Gasteiger partial charge in [-0.15, -0.1) is 11.3 Å². The molecule has 0 amide bonds. The Morgan fingerprint density at radius 2 is 2.00 bits per heavy atom. The fourth-order valence-electron chi connectivity index (χ4n) is 2.24. The molecule has 1 aromatic heterocycles. The number of rotatable bonds is 4. The lowest BCUT2D eigenvalue weighted by molar-refractivity contribution is 0.307. The Balaban J connectivity index is 1.91. The first-order chi connectivity index (χ1) is 9.78. The van der Waals surface area contributed by atoms with Crippen LogP contribution >= 0.6 is 27.3 Å². The second kappa shape index (κ2) is 5.95. The van der Waals surface area contributed by atoms with Gasteiger partial charge in [0, 0.05) is 26.8 Å². The average molecular weight is 348 g/mol. The zero-order valence-electron chi connectivity index (χ0n) is 10.8. The van der Waals surface area contributed by atoms with E-state index in [9.17, 15) is 0 Å². The summed E-state index contributed by atoms with van der Waals surface area (Å²) in [5, 5.41) is 4.42. The molecule has 0 saturated carbocycles. The van der Waals surface area contributed by atoms with E-state index in [4.69, 9.17) is 10.5 Å². The molecule has 0 aliphatic carbocycles. The van der Waals surface area contributed by atoms with Gasteiger partial charge in [-0.25, -0.2) is 0 Å². The van der Waals surface area contributed by atoms with E-state index in [0.717, 1.165) is 15.8 Å². The highest BCUT2D eigenvalue weighted by molar-refractivity contribution is 9.10. The third kappa shape index (κ3) is 2.73. The lowest BCUT2D eigenvalue weighted by Gasteiger charge is -2.12. The fourth-order valence-corrected chi connectivity index (χ4v) is 3.60. The summed E-state index contributed by atoms with van der Waals surface area (Å²) in [7, 11) is 0. The van der Waals surface area contributed by atoms with Crippen molar-refractivity contribution < 1.29 is 4.74 Å². The van der Waals surface area contributed by atoms with Gasteiger partial charge in [-0.3, -0.25) is 0 Å². The van der Waals surface area contributed by atoms with Crippen LogP contribution in [0.15, 0.2) is 52.3 Å². The molecule has 0 spiro atoms. The highest BCUT2D eigenvalue weighted by atomic mass is 79.9. The van der Waals surface area contributed by atoms with Crippen molar-refractivity contribution in [2.75, 3.05) is 0 Å². The smallest absolute Gasteiger partial charge is 0.124 e. The van der Waals surface area contributed by atoms with Crippen molar-refractivity contribution >= 4 is 38.0 Å². The van der Waals surface area contributed by atoms with Crippen LogP contribution in [-0.4, -0.2) is 0 Å². The minimum Gasteiger partial charge on any atom is -0.488 e. The summed E-state index contributed by atoms with van der Waals surface area (Å²) in [6, 6.07) is 14.4. The molecular formula is C16H14BrNOS. The van der Waals surface area contributed by atoms with Crippen molar-refractivity contribution in [2.45, 2.75) is 13.2 Å². The molecule has 2 aromatic carbocycles. The lowest BCUT2D eigenvalue weighted by atomic mass is 10.0. The molecule has 0 unspecified atom stereocenters. The number of halogens is 1. The van der Waals surface area contributed by atoms with Gasteiger partial charge in [0.25, 0.3) is 0 Å². The first kappa shape index (κ1) is 13.6. The van der Waals surface area contributed by atoms with E-state index in [-0.39, 0.29) is 0 Å². The fraction of sp³-hybridized carbons (Fsp3) is 0.125. The monoisotopic (exact) mass is 347 g/mol. The molecule has 20 heavy (non-hydrogen) atoms. The van der Waals surface area contributed by atoms with Gasteiger partial charge < -0.3 is 10.5 Å². The number of nitrogens with two attached hydrogens (primary N) is 1. The van der Waals surface area contributed by atoms with Crippen LogP contribution in [0, 0.1) is 0 Å². The van der Waals surface area contributed by atoms with Crippen LogP contribution in [0.2, 0.25) is 0 Å². The number of hydrogen-bond donors (Lipinski definition) is 1. The van der Waals surface area contributed by atoms with E-state index in [1.165, 1.54) is 15.6 Å². The molecule has 0 aliphatic heterocycles. The summed E-state index contributed by atoms with van der Waals surface area (Å²) in [5.41, 5.74) is 6.97. The summed E-state index contributed by atoms with van der Waals surface area (Å²) in [5.74, 6) is 0.871. The molecule has 0 saturated heterocycles. The molecule has 0 atom stereocenters. The SMILES string of the molecule is NCc1c(OCc2cc(Br)cs2)ccc2ccccc12. The van der Waals surface area contributed by atoms with Crippen molar-refractivity contribution in [1.29, 1.82) is 0 Å². The van der Waals surface area contributed by atoms with Crippen LogP contribution < -0.4 is 10.5 Å². The third-order valence-electron chi connectivity index (χ3n) is 3.19. The van der Waals surface area contributed by atoms with Gasteiger partial charge in [0.05, 0.1) is 0 Å². The minimum atomic E-state index is 0.477. The van der Waals surface area contributed by atoms with Crippen molar-refractivity contribution in [3.63, 3.8) is 0 Å². The first-order valence-electron chi connectivity index (χ1n) is 6.34. The molecular weight excluding hydrogens is 334 g/mol. The summed E-state index contributed by atoms with van der Waals surface area (Å²) >= 11 is 5.14. The Hall–Kier alpha value is -1.36. The minimum absolute atomic E-state index is 0.477. The summed E-state index contributed by atoms with van der Waals surface area (Å²) in [6.45, 7) is 1.05.